The molecular weight excluding hydrogens is 735 g/mol. The first-order chi connectivity index (χ1) is 29.8. The first-order valence-electron chi connectivity index (χ1n) is 21.3. The molecule has 0 atom stereocenters. The lowest BCUT2D eigenvalue weighted by atomic mass is 9.76. The summed E-state index contributed by atoms with van der Waals surface area (Å²) < 4.78 is 24.7. The Kier molecular flexibility index (Phi) is 9.35. The largest absolute Gasteiger partial charge is 0.507 e. The van der Waals surface area contributed by atoms with Gasteiger partial charge in [0.15, 0.2) is 5.58 Å². The van der Waals surface area contributed by atoms with Crippen LogP contribution in [0, 0.1) is 0 Å². The third-order valence-electron chi connectivity index (χ3n) is 11.3. The summed E-state index contributed by atoms with van der Waals surface area (Å²) in [6.45, 7) is 10.7. The van der Waals surface area contributed by atoms with Gasteiger partial charge in [-0.3, -0.25) is 9.97 Å². The Hall–Kier alpha value is -7.11. The number of fused-ring (bicyclic) bond motifs is 1. The van der Waals surface area contributed by atoms with Crippen LogP contribution in [0.5, 0.6) is 5.75 Å². The monoisotopic (exact) mass is 783 g/mol. The van der Waals surface area contributed by atoms with Crippen molar-refractivity contribution in [1.29, 1.82) is 0 Å². The molecule has 5 heteroatoms. The van der Waals surface area contributed by atoms with Gasteiger partial charge in [-0.1, -0.05) is 138 Å². The number of oxazole rings is 1. The molecule has 0 spiro atoms. The van der Waals surface area contributed by atoms with Crippen LogP contribution >= 0.6 is 0 Å². The topological polar surface area (TPSA) is 72.0 Å². The summed E-state index contributed by atoms with van der Waals surface area (Å²) in [5, 5.41) is 12.0. The number of aromatic hydroxyl groups is 1. The molecule has 0 unspecified atom stereocenters. The first-order valence-corrected chi connectivity index (χ1v) is 20.3. The molecule has 0 amide bonds. The van der Waals surface area contributed by atoms with E-state index in [0.29, 0.717) is 39.4 Å². The standard InChI is InChI=1S/C55H47N3O2/c1-54(2,3)48-33-40(38-15-9-6-10-16-38)32-47(52(48)59)53-58-51-46(31-41(34-50(51)60-53)39-17-11-7-12-18-39)42-28-43(30-45(29-42)55(4,5)44-19-13-8-14-20-44)49-22-21-37(35-57-49)27-36-23-25-56-26-24-36/h6-26,28-35,59H,27H2,1-5H3/i27D2. The number of rotatable bonds is 9. The Morgan fingerprint density at radius 3 is 1.82 bits per heavy atom. The molecule has 9 rings (SSSR count). The van der Waals surface area contributed by atoms with Gasteiger partial charge in [0.1, 0.15) is 11.3 Å². The van der Waals surface area contributed by atoms with E-state index in [1.807, 2.05) is 66.7 Å². The van der Waals surface area contributed by atoms with Crippen LogP contribution in [-0.2, 0) is 17.2 Å². The predicted molar refractivity (Wildman–Crippen MR) is 245 cm³/mol. The number of phenolic OH excluding ortho intramolecular Hbond substituents is 1. The van der Waals surface area contributed by atoms with Crippen LogP contribution in [0.3, 0.4) is 0 Å². The Balaban J connectivity index is 1.27. The number of hydrogen-bond donors (Lipinski definition) is 1. The Morgan fingerprint density at radius 2 is 1.18 bits per heavy atom. The summed E-state index contributed by atoms with van der Waals surface area (Å²) >= 11 is 0. The van der Waals surface area contributed by atoms with Crippen LogP contribution in [0.25, 0.3) is 67.2 Å². The number of hydrogen-bond acceptors (Lipinski definition) is 5. The molecule has 1 N–H and O–H groups in total. The second-order valence-electron chi connectivity index (χ2n) is 16.9. The van der Waals surface area contributed by atoms with Crippen molar-refractivity contribution < 1.29 is 12.3 Å². The van der Waals surface area contributed by atoms with Crippen LogP contribution in [0.15, 0.2) is 181 Å². The van der Waals surface area contributed by atoms with E-state index < -0.39 is 11.8 Å². The summed E-state index contributed by atoms with van der Waals surface area (Å²) in [6.07, 6.45) is 3.08. The molecule has 5 nitrogen and oxygen atoms in total. The Labute approximate surface area is 354 Å². The highest BCUT2D eigenvalue weighted by atomic mass is 16.3. The molecule has 9 aromatic rings. The van der Waals surface area contributed by atoms with Gasteiger partial charge in [-0.05, 0) is 116 Å². The Bertz CT molecular complexity index is 3030. The molecule has 0 fully saturated rings. The summed E-state index contributed by atoms with van der Waals surface area (Å²) in [5.74, 6) is 0.472. The smallest absolute Gasteiger partial charge is 0.231 e. The van der Waals surface area contributed by atoms with Gasteiger partial charge in [0.05, 0.1) is 11.3 Å². The molecule has 60 heavy (non-hydrogen) atoms. The van der Waals surface area contributed by atoms with Crippen LogP contribution in [-0.4, -0.2) is 20.1 Å². The van der Waals surface area contributed by atoms with Gasteiger partial charge in [-0.2, -0.15) is 0 Å². The zero-order valence-electron chi connectivity index (χ0n) is 36.4. The molecule has 0 aliphatic rings. The fourth-order valence-corrected chi connectivity index (χ4v) is 7.88. The van der Waals surface area contributed by atoms with Crippen molar-refractivity contribution in [2.24, 2.45) is 0 Å². The van der Waals surface area contributed by atoms with Crippen molar-refractivity contribution >= 4 is 11.1 Å². The molecular formula is C55H47N3O2. The van der Waals surface area contributed by atoms with E-state index in [2.05, 4.69) is 118 Å². The average Bonchev–Trinajstić information content (AvgIpc) is 3.73. The minimum Gasteiger partial charge on any atom is -0.507 e. The van der Waals surface area contributed by atoms with E-state index in [9.17, 15) is 5.11 Å². The summed E-state index contributed by atoms with van der Waals surface area (Å²) in [5.41, 5.74) is 12.3. The molecule has 0 saturated carbocycles. The van der Waals surface area contributed by atoms with E-state index in [4.69, 9.17) is 17.1 Å². The minimum absolute atomic E-state index is 0.144. The predicted octanol–water partition coefficient (Wildman–Crippen LogP) is 13.9. The third kappa shape index (κ3) is 7.62. The van der Waals surface area contributed by atoms with Crippen LogP contribution < -0.4 is 0 Å². The van der Waals surface area contributed by atoms with Gasteiger partial charge in [-0.15, -0.1) is 0 Å². The van der Waals surface area contributed by atoms with Crippen LogP contribution in [0.4, 0.5) is 0 Å². The molecule has 6 aromatic carbocycles. The number of phenols is 1. The summed E-state index contributed by atoms with van der Waals surface area (Å²) in [7, 11) is 0. The molecule has 294 valence electrons. The van der Waals surface area contributed by atoms with E-state index in [0.717, 1.165) is 55.6 Å². The van der Waals surface area contributed by atoms with Gasteiger partial charge in [0.25, 0.3) is 0 Å². The highest BCUT2D eigenvalue weighted by Crippen LogP contribution is 2.45. The molecule has 0 radical (unpaired) electrons. The average molecular weight is 784 g/mol. The molecule has 3 heterocycles. The molecule has 0 saturated heterocycles. The molecule has 0 aliphatic heterocycles. The lowest BCUT2D eigenvalue weighted by Gasteiger charge is -2.27. The van der Waals surface area contributed by atoms with Gasteiger partial charge in [-0.25, -0.2) is 4.98 Å². The lowest BCUT2D eigenvalue weighted by Crippen LogP contribution is -2.19. The number of nitrogens with zero attached hydrogens (tertiary/aromatic N) is 3. The SMILES string of the molecule is [2H]C([2H])(c1ccncc1)c1ccc(-c2cc(-c3cc(-c4ccccc4)cc4oc(-c5cc(-c6ccccc6)cc(C(C)(C)C)c5O)nc34)cc(C(C)(C)c3ccccc3)c2)nc1. The quantitative estimate of drug-likeness (QED) is 0.158. The summed E-state index contributed by atoms with van der Waals surface area (Å²) in [4.78, 5) is 14.2. The number of aromatic nitrogens is 3. The van der Waals surface area contributed by atoms with Crippen LogP contribution in [0.1, 0.15) is 65.2 Å². The third-order valence-corrected chi connectivity index (χ3v) is 11.3. The second kappa shape index (κ2) is 15.6. The van der Waals surface area contributed by atoms with Crippen LogP contribution in [0.2, 0.25) is 0 Å². The fourth-order valence-electron chi connectivity index (χ4n) is 7.88. The first kappa shape index (κ1) is 36.0. The van der Waals surface area contributed by atoms with E-state index >= 15 is 0 Å². The van der Waals surface area contributed by atoms with Gasteiger partial charge in [0.2, 0.25) is 5.89 Å². The highest BCUT2D eigenvalue weighted by molar-refractivity contribution is 5.97. The second-order valence-corrected chi connectivity index (χ2v) is 16.9. The maximum atomic E-state index is 12.0. The van der Waals surface area contributed by atoms with E-state index in [-0.39, 0.29) is 11.2 Å². The molecule has 0 aliphatic carbocycles. The maximum Gasteiger partial charge on any atom is 0.231 e. The van der Waals surface area contributed by atoms with Crippen molar-refractivity contribution in [1.82, 2.24) is 15.0 Å². The van der Waals surface area contributed by atoms with Crippen molar-refractivity contribution in [3.05, 3.63) is 204 Å². The van der Waals surface area contributed by atoms with Gasteiger partial charge < -0.3 is 9.52 Å². The number of benzene rings is 6. The van der Waals surface area contributed by atoms with Gasteiger partial charge >= 0.3 is 0 Å². The van der Waals surface area contributed by atoms with Crippen molar-refractivity contribution in [2.75, 3.05) is 0 Å². The molecule has 3 aromatic heterocycles. The minimum atomic E-state index is -1.76. The zero-order valence-corrected chi connectivity index (χ0v) is 34.4. The lowest BCUT2D eigenvalue weighted by molar-refractivity contribution is 0.446. The fraction of sp³-hybridized carbons (Fsp3) is 0.145. The van der Waals surface area contributed by atoms with Gasteiger partial charge in [0, 0.05) is 43.4 Å². The van der Waals surface area contributed by atoms with Crippen molar-refractivity contribution in [3.8, 4) is 61.8 Å². The summed E-state index contributed by atoms with van der Waals surface area (Å²) in [6, 6.07) is 52.8. The zero-order chi connectivity index (χ0) is 43.2. The maximum absolute atomic E-state index is 12.0. The van der Waals surface area contributed by atoms with E-state index in [1.54, 1.807) is 30.7 Å². The normalized spacial score (nSPS) is 12.6. The van der Waals surface area contributed by atoms with E-state index in [1.165, 1.54) is 0 Å². The molecule has 0 bridgehead atoms. The van der Waals surface area contributed by atoms with Crippen molar-refractivity contribution in [2.45, 2.75) is 51.8 Å². The number of pyridine rings is 2. The van der Waals surface area contributed by atoms with Crippen molar-refractivity contribution in [3.63, 3.8) is 0 Å². The Morgan fingerprint density at radius 1 is 0.567 bits per heavy atom. The highest BCUT2D eigenvalue weighted by Gasteiger charge is 2.28.